The molecule has 2 aliphatic heterocycles. The second kappa shape index (κ2) is 6.65. The van der Waals surface area contributed by atoms with Crippen LogP contribution in [0.1, 0.15) is 65.7 Å². The number of rotatable bonds is 5. The fourth-order valence-electron chi connectivity index (χ4n) is 3.53. The Morgan fingerprint density at radius 3 is 2.27 bits per heavy atom. The second-order valence-electron chi connectivity index (χ2n) is 8.85. The summed E-state index contributed by atoms with van der Waals surface area (Å²) in [5.41, 5.74) is -0.597. The molecule has 2 atom stereocenters. The minimum absolute atomic E-state index is 0.235. The van der Waals surface area contributed by atoms with Crippen LogP contribution in [0.3, 0.4) is 0 Å². The Morgan fingerprint density at radius 2 is 1.77 bits per heavy atom. The zero-order valence-corrected chi connectivity index (χ0v) is 16.8. The van der Waals surface area contributed by atoms with Gasteiger partial charge in [-0.1, -0.05) is 27.2 Å². The van der Waals surface area contributed by atoms with Crippen LogP contribution in [0.4, 0.5) is 0 Å². The van der Waals surface area contributed by atoms with Gasteiger partial charge in [0, 0.05) is 27.9 Å². The first-order chi connectivity index (χ1) is 10.0. The number of hydrogen-bond acceptors (Lipinski definition) is 3. The fourth-order valence-corrected chi connectivity index (χ4v) is 6.91. The minimum atomic E-state index is -1.68. The number of hydrogen-bond donors (Lipinski definition) is 1. The summed E-state index contributed by atoms with van der Waals surface area (Å²) in [6.07, 6.45) is 6.43. The molecule has 1 N–H and O–H groups in total. The minimum Gasteiger partial charge on any atom is -0.417 e. The summed E-state index contributed by atoms with van der Waals surface area (Å²) in [6, 6.07) is 0. The van der Waals surface area contributed by atoms with E-state index in [1.165, 1.54) is 6.42 Å². The van der Waals surface area contributed by atoms with Crippen molar-refractivity contribution in [2.75, 3.05) is 6.61 Å². The Morgan fingerprint density at radius 1 is 1.23 bits per heavy atom. The van der Waals surface area contributed by atoms with Crippen LogP contribution in [-0.2, 0) is 15.2 Å². The van der Waals surface area contributed by atoms with Crippen molar-refractivity contribution < 1.29 is 13.7 Å². The first-order valence-corrected chi connectivity index (χ1v) is 13.0. The molecule has 2 aliphatic rings. The van der Waals surface area contributed by atoms with Gasteiger partial charge in [0.1, 0.15) is 0 Å². The lowest BCUT2D eigenvalue weighted by molar-refractivity contribution is -0.00167. The highest BCUT2D eigenvalue weighted by Crippen LogP contribution is 2.41. The summed E-state index contributed by atoms with van der Waals surface area (Å²) in [4.78, 5) is 0. The van der Waals surface area contributed by atoms with Crippen molar-refractivity contribution >= 4 is 19.1 Å². The first-order valence-electron chi connectivity index (χ1n) is 8.80. The van der Waals surface area contributed by atoms with Crippen LogP contribution in [-0.4, -0.2) is 40.3 Å². The van der Waals surface area contributed by atoms with E-state index in [1.54, 1.807) is 0 Å². The van der Waals surface area contributed by atoms with Crippen LogP contribution in [0, 0.1) is 0 Å². The topological polar surface area (TPSA) is 46.5 Å². The normalized spacial score (nSPS) is 36.4. The predicted octanol–water partition coefficient (Wildman–Crippen LogP) is 3.98. The Labute approximate surface area is 139 Å². The van der Waals surface area contributed by atoms with E-state index in [0.29, 0.717) is 0 Å². The Bertz CT molecular complexity index is 401. The molecule has 2 fully saturated rings. The average molecular weight is 347 g/mol. The largest absolute Gasteiger partial charge is 0.417 e. The van der Waals surface area contributed by atoms with E-state index >= 15 is 0 Å². The van der Waals surface area contributed by atoms with Gasteiger partial charge in [0.15, 0.2) is 8.32 Å². The van der Waals surface area contributed by atoms with E-state index in [0.717, 1.165) is 45.1 Å². The molecule has 22 heavy (non-hydrogen) atoms. The molecule has 2 saturated heterocycles. The molecule has 0 aromatic rings. The van der Waals surface area contributed by atoms with Crippen LogP contribution < -0.4 is 0 Å². The zero-order valence-electron chi connectivity index (χ0n) is 15.0. The highest BCUT2D eigenvalue weighted by molar-refractivity contribution is 7.86. The van der Waals surface area contributed by atoms with E-state index in [9.17, 15) is 9.32 Å². The van der Waals surface area contributed by atoms with Gasteiger partial charge < -0.3 is 9.53 Å². The molecule has 0 spiro atoms. The molecule has 0 radical (unpaired) electrons. The summed E-state index contributed by atoms with van der Waals surface area (Å²) < 4.78 is 18.5. The highest BCUT2D eigenvalue weighted by atomic mass is 32.2. The molecule has 0 aromatic carbocycles. The van der Waals surface area contributed by atoms with Gasteiger partial charge in [0.05, 0.1) is 5.60 Å². The van der Waals surface area contributed by atoms with E-state index in [-0.39, 0.29) is 15.5 Å². The molecule has 5 heteroatoms. The van der Waals surface area contributed by atoms with Crippen molar-refractivity contribution in [1.29, 1.82) is 0 Å². The summed E-state index contributed by atoms with van der Waals surface area (Å²) in [5.74, 6) is 0. The Balaban J connectivity index is 1.81. The highest BCUT2D eigenvalue weighted by Gasteiger charge is 2.45. The lowest BCUT2D eigenvalue weighted by atomic mass is 9.82. The maximum Gasteiger partial charge on any atom is 0.191 e. The van der Waals surface area contributed by atoms with Gasteiger partial charge in [-0.3, -0.25) is 4.21 Å². The van der Waals surface area contributed by atoms with Crippen molar-refractivity contribution in [3.63, 3.8) is 0 Å². The van der Waals surface area contributed by atoms with Crippen molar-refractivity contribution in [2.24, 2.45) is 0 Å². The van der Waals surface area contributed by atoms with Crippen LogP contribution in [0.2, 0.25) is 18.1 Å². The number of aliphatic hydroxyl groups is 1. The Kier molecular flexibility index (Phi) is 5.63. The summed E-state index contributed by atoms with van der Waals surface area (Å²) >= 11 is 0. The predicted molar refractivity (Wildman–Crippen MR) is 96.1 cm³/mol. The van der Waals surface area contributed by atoms with Crippen LogP contribution >= 0.6 is 0 Å². The van der Waals surface area contributed by atoms with Crippen LogP contribution in [0.25, 0.3) is 0 Å². The van der Waals surface area contributed by atoms with Gasteiger partial charge >= 0.3 is 0 Å². The van der Waals surface area contributed by atoms with Gasteiger partial charge in [-0.15, -0.1) is 0 Å². The molecular weight excluding hydrogens is 312 g/mol. The van der Waals surface area contributed by atoms with Gasteiger partial charge in [0.2, 0.25) is 0 Å². The molecular formula is C17H34O3SSi. The smallest absolute Gasteiger partial charge is 0.191 e. The van der Waals surface area contributed by atoms with Crippen molar-refractivity contribution in [1.82, 2.24) is 0 Å². The maximum absolute atomic E-state index is 12.2. The van der Waals surface area contributed by atoms with E-state index in [4.69, 9.17) is 4.43 Å². The van der Waals surface area contributed by atoms with E-state index in [2.05, 4.69) is 33.9 Å². The van der Waals surface area contributed by atoms with E-state index in [1.807, 2.05) is 0 Å². The monoisotopic (exact) mass is 346 g/mol. The molecule has 2 rings (SSSR count). The third-order valence-corrected chi connectivity index (χ3v) is 12.6. The average Bonchev–Trinajstić information content (AvgIpc) is 2.36. The molecule has 3 nitrogen and oxygen atoms in total. The molecule has 0 amide bonds. The lowest BCUT2D eigenvalue weighted by Crippen LogP contribution is -2.49. The SMILES string of the molecule is CC(C)(C)[Si](C)(C)OCCCC1(O)CC2CCCC(C1)S2=O. The molecule has 2 heterocycles. The number of fused-ring (bicyclic) bond motifs is 2. The van der Waals surface area contributed by atoms with Gasteiger partial charge in [-0.2, -0.15) is 0 Å². The first kappa shape index (κ1) is 18.6. The zero-order chi connectivity index (χ0) is 16.6. The molecule has 2 unspecified atom stereocenters. The van der Waals surface area contributed by atoms with Crippen molar-refractivity contribution in [3.8, 4) is 0 Å². The third kappa shape index (κ3) is 4.22. The van der Waals surface area contributed by atoms with Crippen molar-refractivity contribution in [2.45, 2.75) is 100.0 Å². The van der Waals surface area contributed by atoms with Crippen LogP contribution in [0.15, 0.2) is 0 Å². The standard InChI is InChI=1S/C17H34O3SSi/c1-16(2,3)22(4,5)20-11-7-10-17(18)12-14-8-6-9-15(13-17)21(14)19/h14-15,18H,6-13H2,1-5H3. The van der Waals surface area contributed by atoms with Crippen molar-refractivity contribution in [3.05, 3.63) is 0 Å². The van der Waals surface area contributed by atoms with Gasteiger partial charge in [-0.25, -0.2) is 0 Å². The lowest BCUT2D eigenvalue weighted by Gasteiger charge is -2.44. The molecule has 0 aliphatic carbocycles. The molecule has 0 saturated carbocycles. The second-order valence-corrected chi connectivity index (χ2v) is 15.6. The maximum atomic E-state index is 12.2. The molecule has 130 valence electrons. The van der Waals surface area contributed by atoms with Crippen LogP contribution in [0.5, 0.6) is 0 Å². The molecule has 2 bridgehead atoms. The van der Waals surface area contributed by atoms with Gasteiger partial charge in [-0.05, 0) is 56.7 Å². The van der Waals surface area contributed by atoms with E-state index < -0.39 is 24.7 Å². The summed E-state index contributed by atoms with van der Waals surface area (Å²) in [6.45, 7) is 12.1. The quantitative estimate of drug-likeness (QED) is 0.605. The fraction of sp³-hybridized carbons (Fsp3) is 1.00. The summed E-state index contributed by atoms with van der Waals surface area (Å²) in [7, 11) is -2.38. The third-order valence-electron chi connectivity index (χ3n) is 5.98. The van der Waals surface area contributed by atoms with Gasteiger partial charge in [0.25, 0.3) is 0 Å². The molecule has 0 aromatic heterocycles. The summed E-state index contributed by atoms with van der Waals surface area (Å²) in [5, 5.41) is 11.6. The Hall–Kier alpha value is 0.287.